The van der Waals surface area contributed by atoms with Gasteiger partial charge in [0.2, 0.25) is 17.6 Å². The van der Waals surface area contributed by atoms with Crippen LogP contribution in [-0.2, 0) is 4.79 Å². The Labute approximate surface area is 146 Å². The van der Waals surface area contributed by atoms with Crippen LogP contribution in [0.15, 0.2) is 23.1 Å². The van der Waals surface area contributed by atoms with Crippen molar-refractivity contribution < 1.29 is 9.32 Å². The fourth-order valence-electron chi connectivity index (χ4n) is 3.39. The zero-order chi connectivity index (χ0) is 17.1. The molecule has 0 aliphatic carbocycles. The van der Waals surface area contributed by atoms with Gasteiger partial charge in [-0.25, -0.2) is 4.98 Å². The van der Waals surface area contributed by atoms with Crippen LogP contribution >= 0.6 is 0 Å². The third kappa shape index (κ3) is 3.68. The van der Waals surface area contributed by atoms with Crippen LogP contribution in [0.5, 0.6) is 0 Å². The highest BCUT2D eigenvalue weighted by Crippen LogP contribution is 2.27. The first kappa shape index (κ1) is 16.1. The molecule has 1 amide bonds. The van der Waals surface area contributed by atoms with Gasteiger partial charge in [-0.05, 0) is 12.8 Å². The highest BCUT2D eigenvalue weighted by molar-refractivity contribution is 5.78. The molecule has 0 atom stereocenters. The lowest BCUT2D eigenvalue weighted by Crippen LogP contribution is -2.50. The van der Waals surface area contributed by atoms with E-state index < -0.39 is 0 Å². The minimum Gasteiger partial charge on any atom is -0.342 e. The maximum atomic E-state index is 12.4. The molecule has 2 aliphatic heterocycles. The Kier molecular flexibility index (Phi) is 4.69. The second-order valence-electron chi connectivity index (χ2n) is 6.73. The summed E-state index contributed by atoms with van der Waals surface area (Å²) >= 11 is 0. The SMILES string of the molecule is O=C(CN1CC(c2nc(-c3cnccn3)no2)C1)N1CCCCCC1. The molecular formula is C17H22N6O2. The number of aromatic nitrogens is 4. The van der Waals surface area contributed by atoms with Gasteiger partial charge in [0.15, 0.2) is 0 Å². The standard InChI is InChI=1S/C17H22N6O2/c24-15(23-7-3-1-2-4-8-23)12-22-10-13(11-22)17-20-16(21-25-17)14-9-18-5-6-19-14/h5-6,9,13H,1-4,7-8,10-12H2. The summed E-state index contributed by atoms with van der Waals surface area (Å²) in [4.78, 5) is 29.2. The van der Waals surface area contributed by atoms with Gasteiger partial charge in [-0.1, -0.05) is 18.0 Å². The molecule has 2 saturated heterocycles. The quantitative estimate of drug-likeness (QED) is 0.828. The summed E-state index contributed by atoms with van der Waals surface area (Å²) in [6.07, 6.45) is 9.55. The minimum atomic E-state index is 0.190. The van der Waals surface area contributed by atoms with Crippen molar-refractivity contribution in [2.45, 2.75) is 31.6 Å². The summed E-state index contributed by atoms with van der Waals surface area (Å²) in [5, 5.41) is 3.98. The molecule has 0 radical (unpaired) electrons. The van der Waals surface area contributed by atoms with Gasteiger partial charge in [0.05, 0.1) is 18.7 Å². The van der Waals surface area contributed by atoms with E-state index in [0.29, 0.717) is 24.0 Å². The molecule has 8 heteroatoms. The van der Waals surface area contributed by atoms with E-state index in [9.17, 15) is 4.79 Å². The molecule has 132 valence electrons. The molecular weight excluding hydrogens is 320 g/mol. The Balaban J connectivity index is 1.29. The largest absolute Gasteiger partial charge is 0.342 e. The van der Waals surface area contributed by atoms with E-state index in [0.717, 1.165) is 39.0 Å². The molecule has 2 aliphatic rings. The Morgan fingerprint density at radius 3 is 2.68 bits per heavy atom. The molecule has 0 bridgehead atoms. The van der Waals surface area contributed by atoms with E-state index in [-0.39, 0.29) is 11.8 Å². The Morgan fingerprint density at radius 2 is 1.96 bits per heavy atom. The van der Waals surface area contributed by atoms with Crippen molar-refractivity contribution in [3.05, 3.63) is 24.5 Å². The van der Waals surface area contributed by atoms with Gasteiger partial charge in [0, 0.05) is 38.6 Å². The fraction of sp³-hybridized carbons (Fsp3) is 0.588. The fourth-order valence-corrected chi connectivity index (χ4v) is 3.39. The summed E-state index contributed by atoms with van der Waals surface area (Å²) in [7, 11) is 0. The number of rotatable bonds is 4. The van der Waals surface area contributed by atoms with Crippen LogP contribution in [0.3, 0.4) is 0 Å². The molecule has 25 heavy (non-hydrogen) atoms. The van der Waals surface area contributed by atoms with Crippen molar-refractivity contribution in [3.63, 3.8) is 0 Å². The number of nitrogens with zero attached hydrogens (tertiary/aromatic N) is 6. The van der Waals surface area contributed by atoms with Crippen molar-refractivity contribution in [2.75, 3.05) is 32.7 Å². The van der Waals surface area contributed by atoms with Crippen molar-refractivity contribution in [2.24, 2.45) is 0 Å². The maximum Gasteiger partial charge on any atom is 0.236 e. The third-order valence-electron chi connectivity index (χ3n) is 4.86. The van der Waals surface area contributed by atoms with Gasteiger partial charge in [0.1, 0.15) is 5.69 Å². The molecule has 4 heterocycles. The molecule has 2 fully saturated rings. The monoisotopic (exact) mass is 342 g/mol. The number of hydrogen-bond donors (Lipinski definition) is 0. The van der Waals surface area contributed by atoms with Gasteiger partial charge in [0.25, 0.3) is 0 Å². The summed E-state index contributed by atoms with van der Waals surface area (Å²) in [6.45, 7) is 3.85. The first-order valence-electron chi connectivity index (χ1n) is 8.90. The van der Waals surface area contributed by atoms with Gasteiger partial charge in [-0.15, -0.1) is 0 Å². The average molecular weight is 342 g/mol. The first-order valence-corrected chi connectivity index (χ1v) is 8.90. The maximum absolute atomic E-state index is 12.4. The number of amides is 1. The number of likely N-dealkylation sites (tertiary alicyclic amines) is 2. The van der Waals surface area contributed by atoms with E-state index in [2.05, 4.69) is 25.0 Å². The Bertz CT molecular complexity index is 705. The highest BCUT2D eigenvalue weighted by atomic mass is 16.5. The van der Waals surface area contributed by atoms with Crippen molar-refractivity contribution >= 4 is 5.91 Å². The van der Waals surface area contributed by atoms with Crippen LogP contribution in [0.4, 0.5) is 0 Å². The zero-order valence-corrected chi connectivity index (χ0v) is 14.2. The van der Waals surface area contributed by atoms with Crippen molar-refractivity contribution in [3.8, 4) is 11.5 Å². The smallest absolute Gasteiger partial charge is 0.236 e. The Hall–Kier alpha value is -2.35. The van der Waals surface area contributed by atoms with Crippen molar-refractivity contribution in [1.82, 2.24) is 29.9 Å². The molecule has 0 saturated carbocycles. The lowest BCUT2D eigenvalue weighted by Gasteiger charge is -2.37. The van der Waals surface area contributed by atoms with Crippen molar-refractivity contribution in [1.29, 1.82) is 0 Å². The normalized spacial score (nSPS) is 19.4. The molecule has 0 aromatic carbocycles. The minimum absolute atomic E-state index is 0.190. The van der Waals surface area contributed by atoms with Crippen LogP contribution in [0.1, 0.15) is 37.5 Å². The van der Waals surface area contributed by atoms with Gasteiger partial charge in [-0.3, -0.25) is 14.7 Å². The van der Waals surface area contributed by atoms with Crippen LogP contribution in [0.2, 0.25) is 0 Å². The second kappa shape index (κ2) is 7.26. The second-order valence-corrected chi connectivity index (χ2v) is 6.73. The van der Waals surface area contributed by atoms with E-state index in [1.54, 1.807) is 18.6 Å². The van der Waals surface area contributed by atoms with Gasteiger partial charge in [-0.2, -0.15) is 4.98 Å². The van der Waals surface area contributed by atoms with Crippen LogP contribution < -0.4 is 0 Å². The molecule has 0 unspecified atom stereocenters. The molecule has 4 rings (SSSR count). The van der Waals surface area contributed by atoms with E-state index in [1.165, 1.54) is 12.8 Å². The predicted molar refractivity (Wildman–Crippen MR) is 89.6 cm³/mol. The van der Waals surface area contributed by atoms with E-state index >= 15 is 0 Å². The van der Waals surface area contributed by atoms with E-state index in [1.807, 2.05) is 4.90 Å². The Morgan fingerprint density at radius 1 is 1.16 bits per heavy atom. The topological polar surface area (TPSA) is 88.2 Å². The zero-order valence-electron chi connectivity index (χ0n) is 14.2. The van der Waals surface area contributed by atoms with Crippen LogP contribution in [0, 0.1) is 0 Å². The van der Waals surface area contributed by atoms with Gasteiger partial charge >= 0.3 is 0 Å². The summed E-state index contributed by atoms with van der Waals surface area (Å²) in [6, 6.07) is 0. The molecule has 2 aromatic heterocycles. The highest BCUT2D eigenvalue weighted by Gasteiger charge is 2.34. The summed E-state index contributed by atoms with van der Waals surface area (Å²) in [5.41, 5.74) is 0.602. The lowest BCUT2D eigenvalue weighted by atomic mass is 10.0. The number of carbonyl (C=O) groups excluding carboxylic acids is 1. The molecule has 0 spiro atoms. The molecule has 8 nitrogen and oxygen atoms in total. The van der Waals surface area contributed by atoms with Gasteiger partial charge < -0.3 is 9.42 Å². The van der Waals surface area contributed by atoms with Crippen LogP contribution in [-0.4, -0.2) is 68.5 Å². The predicted octanol–water partition coefficient (Wildman–Crippen LogP) is 1.33. The lowest BCUT2D eigenvalue weighted by molar-refractivity contribution is -0.133. The first-order chi connectivity index (χ1) is 12.3. The third-order valence-corrected chi connectivity index (χ3v) is 4.86. The summed E-state index contributed by atoms with van der Waals surface area (Å²) < 4.78 is 5.36. The number of carbonyl (C=O) groups is 1. The number of hydrogen-bond acceptors (Lipinski definition) is 7. The van der Waals surface area contributed by atoms with E-state index in [4.69, 9.17) is 4.52 Å². The summed E-state index contributed by atoms with van der Waals surface area (Å²) in [5.74, 6) is 1.50. The average Bonchev–Trinajstić information content (AvgIpc) is 2.92. The molecule has 2 aromatic rings. The van der Waals surface area contributed by atoms with Crippen LogP contribution in [0.25, 0.3) is 11.5 Å². The molecule has 0 N–H and O–H groups in total.